The first-order chi connectivity index (χ1) is 11.1. The Kier molecular flexibility index (Phi) is 7.63. The minimum absolute atomic E-state index is 0. The van der Waals surface area contributed by atoms with E-state index in [1.807, 2.05) is 4.72 Å². The molecular formula is C14H20ClF4N3O2S. The second-order valence-electron chi connectivity index (χ2n) is 5.58. The molecule has 0 saturated carbocycles. The number of sulfonamides is 1. The number of alkyl halides is 3. The normalized spacial score (nSPS) is 17.8. The minimum Gasteiger partial charge on any atom is -0.314 e. The molecule has 0 radical (unpaired) electrons. The first-order valence-corrected chi connectivity index (χ1v) is 8.87. The molecule has 1 aromatic carbocycles. The summed E-state index contributed by atoms with van der Waals surface area (Å²) >= 11 is 0. The van der Waals surface area contributed by atoms with Gasteiger partial charge in [0.25, 0.3) is 0 Å². The van der Waals surface area contributed by atoms with Crippen molar-refractivity contribution in [3.8, 4) is 0 Å². The molecule has 0 spiro atoms. The summed E-state index contributed by atoms with van der Waals surface area (Å²) < 4.78 is 80.0. The average Bonchev–Trinajstić information content (AvgIpc) is 2.46. The Bertz CT molecular complexity index is 659. The van der Waals surface area contributed by atoms with Gasteiger partial charge < -0.3 is 5.32 Å². The fraction of sp³-hybridized carbons (Fsp3) is 0.571. The molecule has 11 heteroatoms. The maximum atomic E-state index is 13.8. The molecule has 144 valence electrons. The summed E-state index contributed by atoms with van der Waals surface area (Å²) in [5.41, 5.74) is 0.133. The molecule has 1 heterocycles. The molecule has 1 atom stereocenters. The summed E-state index contributed by atoms with van der Waals surface area (Å²) in [6.07, 6.45) is -4.59. The van der Waals surface area contributed by atoms with Gasteiger partial charge in [-0.1, -0.05) is 12.1 Å². The van der Waals surface area contributed by atoms with Crippen LogP contribution in [-0.4, -0.2) is 58.3 Å². The summed E-state index contributed by atoms with van der Waals surface area (Å²) in [5, 5.41) is 2.94. The Morgan fingerprint density at radius 1 is 1.28 bits per heavy atom. The van der Waals surface area contributed by atoms with Crippen LogP contribution in [0, 0.1) is 12.7 Å². The highest BCUT2D eigenvalue weighted by Gasteiger charge is 2.44. The third-order valence-corrected chi connectivity index (χ3v) is 5.47. The second-order valence-corrected chi connectivity index (χ2v) is 7.28. The van der Waals surface area contributed by atoms with Crippen molar-refractivity contribution in [2.24, 2.45) is 0 Å². The highest BCUT2D eigenvalue weighted by Crippen LogP contribution is 2.26. The molecule has 1 aromatic rings. The Balaban J connectivity index is 0.00000312. The van der Waals surface area contributed by atoms with E-state index in [0.29, 0.717) is 13.1 Å². The lowest BCUT2D eigenvalue weighted by Crippen LogP contribution is -2.57. The molecule has 5 nitrogen and oxygen atoms in total. The van der Waals surface area contributed by atoms with Crippen LogP contribution in [0.25, 0.3) is 0 Å². The minimum atomic E-state index is -4.59. The average molecular weight is 406 g/mol. The van der Waals surface area contributed by atoms with Gasteiger partial charge in [-0.25, -0.2) is 17.5 Å². The molecule has 0 aromatic heterocycles. The van der Waals surface area contributed by atoms with Crippen molar-refractivity contribution in [3.05, 3.63) is 29.6 Å². The Morgan fingerprint density at radius 3 is 2.40 bits per heavy atom. The summed E-state index contributed by atoms with van der Waals surface area (Å²) in [7, 11) is -4.38. The molecule has 0 bridgehead atoms. The summed E-state index contributed by atoms with van der Waals surface area (Å²) in [4.78, 5) is 0.555. The van der Waals surface area contributed by atoms with E-state index < -0.39 is 39.5 Å². The van der Waals surface area contributed by atoms with E-state index in [0.717, 1.165) is 6.07 Å². The molecule has 1 saturated heterocycles. The Morgan fingerprint density at radius 2 is 1.88 bits per heavy atom. The van der Waals surface area contributed by atoms with Crippen LogP contribution in [0.2, 0.25) is 0 Å². The molecule has 0 amide bonds. The van der Waals surface area contributed by atoms with Gasteiger partial charge >= 0.3 is 6.18 Å². The van der Waals surface area contributed by atoms with Gasteiger partial charge in [-0.05, 0) is 18.6 Å². The predicted octanol–water partition coefficient (Wildman–Crippen LogP) is 1.67. The van der Waals surface area contributed by atoms with Gasteiger partial charge in [0.15, 0.2) is 0 Å². The van der Waals surface area contributed by atoms with Crippen LogP contribution in [0.3, 0.4) is 0 Å². The zero-order chi connectivity index (χ0) is 18.0. The number of halogens is 5. The fourth-order valence-electron chi connectivity index (χ4n) is 2.66. The lowest BCUT2D eigenvalue weighted by atomic mass is 10.2. The number of nitrogens with one attached hydrogen (secondary N) is 2. The van der Waals surface area contributed by atoms with Crippen LogP contribution >= 0.6 is 12.4 Å². The van der Waals surface area contributed by atoms with Crippen LogP contribution in [0.5, 0.6) is 0 Å². The van der Waals surface area contributed by atoms with Crippen molar-refractivity contribution in [2.75, 3.05) is 32.7 Å². The van der Waals surface area contributed by atoms with E-state index in [4.69, 9.17) is 0 Å². The molecular weight excluding hydrogens is 386 g/mol. The highest BCUT2D eigenvalue weighted by atomic mass is 35.5. The topological polar surface area (TPSA) is 61.4 Å². The zero-order valence-corrected chi connectivity index (χ0v) is 15.1. The number of piperazine rings is 1. The van der Waals surface area contributed by atoms with E-state index in [9.17, 15) is 26.0 Å². The first-order valence-electron chi connectivity index (χ1n) is 7.39. The standard InChI is InChI=1S/C14H19F4N3O2S.ClH/c1-10-3-2-4-11(15)13(10)24(22,23)20-9-12(14(16,17)18)21-7-5-19-6-8-21;/h2-4,12,19-20H,5-9H2,1H3;1H. The third-order valence-electron chi connectivity index (χ3n) is 3.87. The number of benzene rings is 1. The maximum absolute atomic E-state index is 13.8. The second kappa shape index (κ2) is 8.63. The Labute approximate surface area is 150 Å². The number of rotatable bonds is 5. The number of nitrogens with zero attached hydrogens (tertiary/aromatic N) is 1. The monoisotopic (exact) mass is 405 g/mol. The van der Waals surface area contributed by atoms with E-state index in [1.54, 1.807) is 0 Å². The van der Waals surface area contributed by atoms with Gasteiger partial charge in [0, 0.05) is 32.7 Å². The zero-order valence-electron chi connectivity index (χ0n) is 13.4. The first kappa shape index (κ1) is 22.1. The van der Waals surface area contributed by atoms with Gasteiger partial charge in [0.1, 0.15) is 16.8 Å². The summed E-state index contributed by atoms with van der Waals surface area (Å²) in [6.45, 7) is 1.63. The van der Waals surface area contributed by atoms with Crippen molar-refractivity contribution in [3.63, 3.8) is 0 Å². The third kappa shape index (κ3) is 5.52. The van der Waals surface area contributed by atoms with Crippen LogP contribution in [0.1, 0.15) is 5.56 Å². The van der Waals surface area contributed by atoms with Gasteiger partial charge in [-0.2, -0.15) is 13.2 Å². The van der Waals surface area contributed by atoms with Crippen LogP contribution in [0.15, 0.2) is 23.1 Å². The van der Waals surface area contributed by atoms with Crippen LogP contribution in [0.4, 0.5) is 17.6 Å². The maximum Gasteiger partial charge on any atom is 0.405 e. The molecule has 1 unspecified atom stereocenters. The number of hydrogen-bond donors (Lipinski definition) is 2. The van der Waals surface area contributed by atoms with Gasteiger partial charge in [-0.3, -0.25) is 4.90 Å². The van der Waals surface area contributed by atoms with E-state index in [-0.39, 0.29) is 31.1 Å². The lowest BCUT2D eigenvalue weighted by molar-refractivity contribution is -0.182. The quantitative estimate of drug-likeness (QED) is 0.732. The lowest BCUT2D eigenvalue weighted by Gasteiger charge is -2.35. The largest absolute Gasteiger partial charge is 0.405 e. The van der Waals surface area contributed by atoms with Crippen molar-refractivity contribution < 1.29 is 26.0 Å². The fourth-order valence-corrected chi connectivity index (χ4v) is 4.00. The molecule has 1 fully saturated rings. The van der Waals surface area contributed by atoms with E-state index >= 15 is 0 Å². The SMILES string of the molecule is Cc1cccc(F)c1S(=O)(=O)NCC(N1CCNCC1)C(F)(F)F.Cl. The molecule has 0 aliphatic carbocycles. The molecule has 1 aliphatic heterocycles. The van der Waals surface area contributed by atoms with Crippen molar-refractivity contribution in [1.29, 1.82) is 0 Å². The van der Waals surface area contributed by atoms with Crippen molar-refractivity contribution >= 4 is 22.4 Å². The molecule has 2 N–H and O–H groups in total. The van der Waals surface area contributed by atoms with Gasteiger partial charge in [-0.15, -0.1) is 12.4 Å². The number of hydrogen-bond acceptors (Lipinski definition) is 4. The van der Waals surface area contributed by atoms with E-state index in [1.165, 1.54) is 24.0 Å². The van der Waals surface area contributed by atoms with Crippen molar-refractivity contribution in [1.82, 2.24) is 14.9 Å². The number of aryl methyl sites for hydroxylation is 1. The molecule has 1 aliphatic rings. The summed E-state index contributed by atoms with van der Waals surface area (Å²) in [6, 6.07) is 1.72. The highest BCUT2D eigenvalue weighted by molar-refractivity contribution is 7.89. The van der Waals surface area contributed by atoms with Gasteiger partial charge in [0.05, 0.1) is 0 Å². The van der Waals surface area contributed by atoms with Crippen LogP contribution in [-0.2, 0) is 10.0 Å². The smallest absolute Gasteiger partial charge is 0.314 e. The van der Waals surface area contributed by atoms with Crippen molar-refractivity contribution in [2.45, 2.75) is 24.0 Å². The molecule has 2 rings (SSSR count). The van der Waals surface area contributed by atoms with Crippen LogP contribution < -0.4 is 10.0 Å². The Hall–Kier alpha value is -0.940. The van der Waals surface area contributed by atoms with Gasteiger partial charge in [0.2, 0.25) is 10.0 Å². The summed E-state index contributed by atoms with van der Waals surface area (Å²) in [5.74, 6) is -0.992. The van der Waals surface area contributed by atoms with E-state index in [2.05, 4.69) is 5.32 Å². The predicted molar refractivity (Wildman–Crippen MR) is 87.9 cm³/mol. The molecule has 25 heavy (non-hydrogen) atoms.